The molecule has 1 aliphatic carbocycles. The molecule has 0 aliphatic heterocycles. The molecule has 1 N–H and O–H groups in total. The lowest BCUT2D eigenvalue weighted by atomic mass is 10.0. The molecule has 1 heterocycles. The zero-order valence-corrected chi connectivity index (χ0v) is 11.1. The van der Waals surface area contributed by atoms with Crippen LogP contribution in [-0.4, -0.2) is 10.9 Å². The van der Waals surface area contributed by atoms with E-state index in [0.29, 0.717) is 12.3 Å². The van der Waals surface area contributed by atoms with E-state index in [2.05, 4.69) is 17.2 Å². The van der Waals surface area contributed by atoms with E-state index >= 15 is 0 Å². The molecule has 2 rings (SSSR count). The molecule has 1 unspecified atom stereocenters. The molecule has 0 saturated heterocycles. The van der Waals surface area contributed by atoms with Gasteiger partial charge in [0.05, 0.1) is 6.04 Å². The highest BCUT2D eigenvalue weighted by atomic mass is 32.1. The maximum Gasteiger partial charge on any atom is 0.220 e. The fourth-order valence-corrected chi connectivity index (χ4v) is 3.25. The molecular weight excluding hydrogens is 232 g/mol. The Labute approximate surface area is 107 Å². The summed E-state index contributed by atoms with van der Waals surface area (Å²) in [5, 5.41) is 6.09. The molecular formula is C13H20N2OS. The number of rotatable bonds is 5. The van der Waals surface area contributed by atoms with Crippen LogP contribution in [0.5, 0.6) is 0 Å². The lowest BCUT2D eigenvalue weighted by molar-refractivity contribution is -0.122. The summed E-state index contributed by atoms with van der Waals surface area (Å²) in [5.74, 6) is 0.808. The van der Waals surface area contributed by atoms with Crippen molar-refractivity contribution in [3.05, 3.63) is 16.6 Å². The van der Waals surface area contributed by atoms with Crippen molar-refractivity contribution in [3.63, 3.8) is 0 Å². The van der Waals surface area contributed by atoms with Gasteiger partial charge in [0.15, 0.2) is 0 Å². The number of carbonyl (C=O) groups is 1. The predicted molar refractivity (Wildman–Crippen MR) is 69.9 cm³/mol. The fraction of sp³-hybridized carbons (Fsp3) is 0.692. The van der Waals surface area contributed by atoms with Crippen molar-refractivity contribution in [2.45, 2.75) is 51.5 Å². The van der Waals surface area contributed by atoms with Gasteiger partial charge in [-0.25, -0.2) is 4.98 Å². The summed E-state index contributed by atoms with van der Waals surface area (Å²) in [4.78, 5) is 16.2. The van der Waals surface area contributed by atoms with E-state index in [0.717, 1.165) is 11.4 Å². The van der Waals surface area contributed by atoms with Gasteiger partial charge in [-0.15, -0.1) is 11.3 Å². The Kier molecular flexibility index (Phi) is 4.54. The van der Waals surface area contributed by atoms with E-state index in [1.54, 1.807) is 17.5 Å². The van der Waals surface area contributed by atoms with Gasteiger partial charge in [0.25, 0.3) is 0 Å². The van der Waals surface area contributed by atoms with Crippen LogP contribution in [0.15, 0.2) is 11.6 Å². The molecule has 1 aromatic rings. The lowest BCUT2D eigenvalue weighted by Gasteiger charge is -2.16. The third-order valence-corrected chi connectivity index (χ3v) is 4.33. The van der Waals surface area contributed by atoms with E-state index in [1.807, 2.05) is 5.38 Å². The van der Waals surface area contributed by atoms with Crippen molar-refractivity contribution in [1.82, 2.24) is 10.3 Å². The first-order valence-corrected chi connectivity index (χ1v) is 7.36. The van der Waals surface area contributed by atoms with Gasteiger partial charge in [-0.3, -0.25) is 4.79 Å². The lowest BCUT2D eigenvalue weighted by Crippen LogP contribution is -2.29. The quantitative estimate of drug-likeness (QED) is 0.873. The van der Waals surface area contributed by atoms with Gasteiger partial charge in [-0.05, 0) is 25.2 Å². The third kappa shape index (κ3) is 3.53. The molecule has 0 radical (unpaired) electrons. The summed E-state index contributed by atoms with van der Waals surface area (Å²) in [5.41, 5.74) is 0. The standard InChI is InChI=1S/C13H20N2OS/c1-2-11(13-14-7-8-17-13)15-12(16)9-10-5-3-4-6-10/h7-8,10-11H,2-6,9H2,1H3,(H,15,16). The number of nitrogens with one attached hydrogen (secondary N) is 1. The minimum absolute atomic E-state index is 0.101. The molecule has 94 valence electrons. The smallest absolute Gasteiger partial charge is 0.220 e. The summed E-state index contributed by atoms with van der Waals surface area (Å²) in [6, 6.07) is 0.101. The molecule has 1 aliphatic rings. The molecule has 3 nitrogen and oxygen atoms in total. The van der Waals surface area contributed by atoms with E-state index < -0.39 is 0 Å². The first kappa shape index (κ1) is 12.6. The van der Waals surface area contributed by atoms with E-state index in [4.69, 9.17) is 0 Å². The van der Waals surface area contributed by atoms with Crippen LogP contribution < -0.4 is 5.32 Å². The van der Waals surface area contributed by atoms with Gasteiger partial charge in [0, 0.05) is 18.0 Å². The second-order valence-corrected chi connectivity index (χ2v) is 5.68. The number of hydrogen-bond acceptors (Lipinski definition) is 3. The zero-order valence-electron chi connectivity index (χ0n) is 10.3. The van der Waals surface area contributed by atoms with Crippen molar-refractivity contribution in [2.24, 2.45) is 5.92 Å². The third-order valence-electron chi connectivity index (χ3n) is 3.44. The molecule has 1 fully saturated rings. The second-order valence-electron chi connectivity index (χ2n) is 4.75. The summed E-state index contributed by atoms with van der Waals surface area (Å²) in [6.45, 7) is 2.09. The maximum atomic E-state index is 11.9. The van der Waals surface area contributed by atoms with Crippen LogP contribution in [0.4, 0.5) is 0 Å². The van der Waals surface area contributed by atoms with Gasteiger partial charge in [-0.2, -0.15) is 0 Å². The molecule has 1 aromatic heterocycles. The Morgan fingerprint density at radius 3 is 2.94 bits per heavy atom. The summed E-state index contributed by atoms with van der Waals surface area (Å²) < 4.78 is 0. The van der Waals surface area contributed by atoms with Crippen molar-refractivity contribution in [1.29, 1.82) is 0 Å². The normalized spacial score (nSPS) is 18.2. The first-order chi connectivity index (χ1) is 8.29. The zero-order chi connectivity index (χ0) is 12.1. The van der Waals surface area contributed by atoms with Crippen molar-refractivity contribution >= 4 is 17.2 Å². The Balaban J connectivity index is 1.83. The van der Waals surface area contributed by atoms with Crippen molar-refractivity contribution in [3.8, 4) is 0 Å². The van der Waals surface area contributed by atoms with Crippen LogP contribution in [0.2, 0.25) is 0 Å². The topological polar surface area (TPSA) is 42.0 Å². The number of aromatic nitrogens is 1. The Morgan fingerprint density at radius 1 is 1.59 bits per heavy atom. The Bertz CT molecular complexity index is 344. The highest BCUT2D eigenvalue weighted by Gasteiger charge is 2.21. The van der Waals surface area contributed by atoms with Crippen LogP contribution in [-0.2, 0) is 4.79 Å². The number of amides is 1. The molecule has 1 saturated carbocycles. The molecule has 17 heavy (non-hydrogen) atoms. The second kappa shape index (κ2) is 6.15. The SMILES string of the molecule is CCC(NC(=O)CC1CCCC1)c1nccs1. The minimum Gasteiger partial charge on any atom is -0.347 e. The van der Waals surface area contributed by atoms with E-state index in [9.17, 15) is 4.79 Å². The minimum atomic E-state index is 0.101. The molecule has 1 amide bonds. The summed E-state index contributed by atoms with van der Waals surface area (Å²) >= 11 is 1.61. The Morgan fingerprint density at radius 2 is 2.35 bits per heavy atom. The first-order valence-electron chi connectivity index (χ1n) is 6.48. The molecule has 0 spiro atoms. The largest absolute Gasteiger partial charge is 0.347 e. The number of hydrogen-bond donors (Lipinski definition) is 1. The molecule has 4 heteroatoms. The van der Waals surface area contributed by atoms with Crippen LogP contribution in [0.1, 0.15) is 56.5 Å². The van der Waals surface area contributed by atoms with Crippen LogP contribution in [0, 0.1) is 5.92 Å². The van der Waals surface area contributed by atoms with Crippen LogP contribution in [0.25, 0.3) is 0 Å². The van der Waals surface area contributed by atoms with Gasteiger partial charge in [0.2, 0.25) is 5.91 Å². The average molecular weight is 252 g/mol. The van der Waals surface area contributed by atoms with Gasteiger partial charge < -0.3 is 5.32 Å². The average Bonchev–Trinajstić information content (AvgIpc) is 2.97. The fourth-order valence-electron chi connectivity index (χ4n) is 2.47. The Hall–Kier alpha value is -0.900. The van der Waals surface area contributed by atoms with Gasteiger partial charge in [-0.1, -0.05) is 19.8 Å². The molecule has 0 bridgehead atoms. The maximum absolute atomic E-state index is 11.9. The summed E-state index contributed by atoms with van der Waals surface area (Å²) in [7, 11) is 0. The van der Waals surface area contributed by atoms with E-state index in [1.165, 1.54) is 25.7 Å². The van der Waals surface area contributed by atoms with Crippen LogP contribution in [0.3, 0.4) is 0 Å². The highest BCUT2D eigenvalue weighted by Crippen LogP contribution is 2.28. The molecule has 1 atom stereocenters. The number of nitrogens with zero attached hydrogens (tertiary/aromatic N) is 1. The number of carbonyl (C=O) groups excluding carboxylic acids is 1. The van der Waals surface area contributed by atoms with Gasteiger partial charge >= 0.3 is 0 Å². The van der Waals surface area contributed by atoms with Crippen molar-refractivity contribution in [2.75, 3.05) is 0 Å². The van der Waals surface area contributed by atoms with Crippen molar-refractivity contribution < 1.29 is 4.79 Å². The summed E-state index contributed by atoms with van der Waals surface area (Å²) in [6.07, 6.45) is 8.43. The monoisotopic (exact) mass is 252 g/mol. The highest BCUT2D eigenvalue weighted by molar-refractivity contribution is 7.09. The predicted octanol–water partition coefficient (Wildman–Crippen LogP) is 3.29. The van der Waals surface area contributed by atoms with E-state index in [-0.39, 0.29) is 11.9 Å². The number of thiazole rings is 1. The van der Waals surface area contributed by atoms with Crippen LogP contribution >= 0.6 is 11.3 Å². The molecule has 0 aromatic carbocycles. The van der Waals surface area contributed by atoms with Gasteiger partial charge in [0.1, 0.15) is 5.01 Å².